The van der Waals surface area contributed by atoms with Crippen LogP contribution in [-0.4, -0.2) is 21.3 Å². The average Bonchev–Trinajstić information content (AvgIpc) is 2.73. The molecule has 0 spiro atoms. The van der Waals surface area contributed by atoms with Gasteiger partial charge in [-0.1, -0.05) is 30.3 Å². The van der Waals surface area contributed by atoms with Crippen LogP contribution >= 0.6 is 0 Å². The van der Waals surface area contributed by atoms with Gasteiger partial charge >= 0.3 is 5.97 Å². The maximum absolute atomic E-state index is 10.8. The Morgan fingerprint density at radius 1 is 0.833 bits per heavy atom. The van der Waals surface area contributed by atoms with Crippen LogP contribution in [0.3, 0.4) is 0 Å². The first-order valence-corrected chi connectivity index (χ1v) is 9.53. The molecule has 0 aliphatic carbocycles. The van der Waals surface area contributed by atoms with E-state index in [0.29, 0.717) is 17.9 Å². The molecule has 30 heavy (non-hydrogen) atoms. The number of aryl methyl sites for hydroxylation is 1. The third-order valence-electron chi connectivity index (χ3n) is 4.88. The minimum absolute atomic E-state index is 0.0780. The number of hydrogen-bond acceptors (Lipinski definition) is 4. The van der Waals surface area contributed by atoms with Crippen LogP contribution in [0.15, 0.2) is 78.9 Å². The molecule has 0 saturated heterocycles. The average molecular weight is 400 g/mol. The number of phenolic OH excluding ortho intramolecular Hbond substituents is 2. The number of hydrogen-bond donors (Lipinski definition) is 3. The maximum atomic E-state index is 10.8. The minimum atomic E-state index is -0.829. The molecule has 150 valence electrons. The van der Waals surface area contributed by atoms with Crippen LogP contribution in [0.4, 0.5) is 0 Å². The van der Waals surface area contributed by atoms with E-state index in [0.717, 1.165) is 27.5 Å². The lowest BCUT2D eigenvalue weighted by molar-refractivity contribution is -0.136. The normalized spacial score (nSPS) is 10.8. The molecule has 4 aromatic carbocycles. The van der Waals surface area contributed by atoms with Crippen LogP contribution in [0.2, 0.25) is 0 Å². The zero-order valence-electron chi connectivity index (χ0n) is 16.1. The van der Waals surface area contributed by atoms with Crippen molar-refractivity contribution in [1.82, 2.24) is 0 Å². The standard InChI is InChI=1S/C25H20O5/c26-19-3-1-2-17(14-19)22-11-7-18-15-20(27)8-12-23(18)25(22)30-21-9-4-16(5-10-21)6-13-24(28)29/h1-5,7-12,14-15,26-27H,6,13H2,(H,28,29). The van der Waals surface area contributed by atoms with Crippen molar-refractivity contribution in [2.45, 2.75) is 12.8 Å². The molecule has 0 heterocycles. The van der Waals surface area contributed by atoms with Gasteiger partial charge in [-0.3, -0.25) is 4.79 Å². The molecule has 4 aromatic rings. The van der Waals surface area contributed by atoms with Gasteiger partial charge in [-0.15, -0.1) is 0 Å². The lowest BCUT2D eigenvalue weighted by Crippen LogP contribution is -1.97. The second-order valence-corrected chi connectivity index (χ2v) is 7.04. The predicted molar refractivity (Wildman–Crippen MR) is 115 cm³/mol. The van der Waals surface area contributed by atoms with E-state index in [4.69, 9.17) is 9.84 Å². The van der Waals surface area contributed by atoms with E-state index in [1.54, 1.807) is 36.4 Å². The molecule has 0 saturated carbocycles. The van der Waals surface area contributed by atoms with Gasteiger partial charge in [0.15, 0.2) is 0 Å². The van der Waals surface area contributed by atoms with Crippen molar-refractivity contribution in [2.24, 2.45) is 0 Å². The zero-order chi connectivity index (χ0) is 21.1. The van der Waals surface area contributed by atoms with E-state index in [2.05, 4.69) is 0 Å². The summed E-state index contributed by atoms with van der Waals surface area (Å²) in [5.74, 6) is 0.714. The summed E-state index contributed by atoms with van der Waals surface area (Å²) < 4.78 is 6.26. The molecule has 0 bridgehead atoms. The van der Waals surface area contributed by atoms with Crippen LogP contribution in [0, 0.1) is 0 Å². The minimum Gasteiger partial charge on any atom is -0.508 e. The molecule has 0 amide bonds. The third-order valence-corrected chi connectivity index (χ3v) is 4.88. The van der Waals surface area contributed by atoms with Gasteiger partial charge in [0, 0.05) is 17.4 Å². The van der Waals surface area contributed by atoms with Crippen LogP contribution < -0.4 is 4.74 Å². The quantitative estimate of drug-likeness (QED) is 0.385. The molecule has 4 rings (SSSR count). The Kier molecular flexibility index (Phi) is 5.26. The molecule has 5 nitrogen and oxygen atoms in total. The summed E-state index contributed by atoms with van der Waals surface area (Å²) in [6, 6.07) is 23.1. The van der Waals surface area contributed by atoms with Gasteiger partial charge in [0.1, 0.15) is 23.0 Å². The summed E-state index contributed by atoms with van der Waals surface area (Å²) in [7, 11) is 0. The summed E-state index contributed by atoms with van der Waals surface area (Å²) in [5, 5.41) is 30.2. The number of aliphatic carboxylic acids is 1. The van der Waals surface area contributed by atoms with E-state index in [1.807, 2.05) is 42.5 Å². The lowest BCUT2D eigenvalue weighted by atomic mass is 9.99. The SMILES string of the molecule is O=C(O)CCc1ccc(Oc2c(-c3cccc(O)c3)ccc3cc(O)ccc23)cc1. The van der Waals surface area contributed by atoms with E-state index in [-0.39, 0.29) is 17.9 Å². The van der Waals surface area contributed by atoms with E-state index in [9.17, 15) is 15.0 Å². The van der Waals surface area contributed by atoms with Gasteiger partial charge in [-0.05, 0) is 71.5 Å². The van der Waals surface area contributed by atoms with Gasteiger partial charge in [0.25, 0.3) is 0 Å². The van der Waals surface area contributed by atoms with E-state index >= 15 is 0 Å². The maximum Gasteiger partial charge on any atom is 0.303 e. The molecule has 0 aromatic heterocycles. The Morgan fingerprint density at radius 2 is 1.60 bits per heavy atom. The summed E-state index contributed by atoms with van der Waals surface area (Å²) in [6.45, 7) is 0. The highest BCUT2D eigenvalue weighted by Crippen LogP contribution is 2.41. The molecule has 0 atom stereocenters. The first-order chi connectivity index (χ1) is 14.5. The lowest BCUT2D eigenvalue weighted by Gasteiger charge is -2.15. The fourth-order valence-corrected chi connectivity index (χ4v) is 3.39. The number of phenols is 2. The van der Waals surface area contributed by atoms with Crippen molar-refractivity contribution in [3.63, 3.8) is 0 Å². The Labute approximate surface area is 173 Å². The highest BCUT2D eigenvalue weighted by Gasteiger charge is 2.13. The zero-order valence-corrected chi connectivity index (χ0v) is 16.1. The number of fused-ring (bicyclic) bond motifs is 1. The van der Waals surface area contributed by atoms with Gasteiger partial charge < -0.3 is 20.1 Å². The molecular weight excluding hydrogens is 380 g/mol. The molecular formula is C25H20O5. The highest BCUT2D eigenvalue weighted by molar-refractivity contribution is 5.96. The Balaban J connectivity index is 1.76. The van der Waals surface area contributed by atoms with Crippen LogP contribution in [0.5, 0.6) is 23.0 Å². The first-order valence-electron chi connectivity index (χ1n) is 9.53. The van der Waals surface area contributed by atoms with Gasteiger partial charge in [0.05, 0.1) is 0 Å². The number of rotatable bonds is 6. The van der Waals surface area contributed by atoms with Crippen molar-refractivity contribution in [2.75, 3.05) is 0 Å². The van der Waals surface area contributed by atoms with Gasteiger partial charge in [-0.25, -0.2) is 0 Å². The fourth-order valence-electron chi connectivity index (χ4n) is 3.39. The van der Waals surface area contributed by atoms with Gasteiger partial charge in [0.2, 0.25) is 0 Å². The largest absolute Gasteiger partial charge is 0.508 e. The summed E-state index contributed by atoms with van der Waals surface area (Å²) >= 11 is 0. The Morgan fingerprint density at radius 3 is 2.33 bits per heavy atom. The Hall–Kier alpha value is -3.99. The van der Waals surface area contributed by atoms with E-state index < -0.39 is 5.97 Å². The van der Waals surface area contributed by atoms with Crippen molar-refractivity contribution < 1.29 is 24.9 Å². The van der Waals surface area contributed by atoms with E-state index in [1.165, 1.54) is 0 Å². The van der Waals surface area contributed by atoms with Crippen molar-refractivity contribution in [1.29, 1.82) is 0 Å². The second-order valence-electron chi connectivity index (χ2n) is 7.04. The number of aromatic hydroxyl groups is 2. The van der Waals surface area contributed by atoms with Crippen LogP contribution in [-0.2, 0) is 11.2 Å². The van der Waals surface area contributed by atoms with Gasteiger partial charge in [-0.2, -0.15) is 0 Å². The molecule has 0 aliphatic heterocycles. The van der Waals surface area contributed by atoms with Crippen molar-refractivity contribution >= 4 is 16.7 Å². The highest BCUT2D eigenvalue weighted by atomic mass is 16.5. The number of carbonyl (C=O) groups is 1. The molecule has 0 aliphatic rings. The predicted octanol–water partition coefficient (Wildman–Crippen LogP) is 5.73. The Bertz CT molecular complexity index is 1210. The summed E-state index contributed by atoms with van der Waals surface area (Å²) in [4.78, 5) is 10.8. The monoisotopic (exact) mass is 400 g/mol. The summed E-state index contributed by atoms with van der Waals surface area (Å²) in [5.41, 5.74) is 2.53. The molecule has 0 radical (unpaired) electrons. The van der Waals surface area contributed by atoms with Crippen LogP contribution in [0.1, 0.15) is 12.0 Å². The third kappa shape index (κ3) is 4.20. The number of ether oxygens (including phenoxy) is 1. The first kappa shape index (κ1) is 19.3. The van der Waals surface area contributed by atoms with Crippen molar-refractivity contribution in [3.05, 3.63) is 84.4 Å². The fraction of sp³-hybridized carbons (Fsp3) is 0.0800. The topological polar surface area (TPSA) is 87.0 Å². The molecule has 0 fully saturated rings. The summed E-state index contributed by atoms with van der Waals surface area (Å²) in [6.07, 6.45) is 0.534. The smallest absolute Gasteiger partial charge is 0.303 e. The number of carboxylic acid groups (broad SMARTS) is 1. The molecule has 5 heteroatoms. The second kappa shape index (κ2) is 8.17. The molecule has 0 unspecified atom stereocenters. The number of benzene rings is 4. The number of carboxylic acids is 1. The molecule has 3 N–H and O–H groups in total. The van der Waals surface area contributed by atoms with Crippen LogP contribution in [0.25, 0.3) is 21.9 Å². The van der Waals surface area contributed by atoms with Crippen molar-refractivity contribution in [3.8, 4) is 34.1 Å².